The smallest absolute Gasteiger partial charge is 0.309 e. The van der Waals surface area contributed by atoms with Gasteiger partial charge in [-0.15, -0.1) is 0 Å². The van der Waals surface area contributed by atoms with Crippen molar-refractivity contribution in [1.29, 1.82) is 0 Å². The van der Waals surface area contributed by atoms with Crippen LogP contribution in [0.3, 0.4) is 0 Å². The minimum absolute atomic E-state index is 0.228. The first-order valence-corrected chi connectivity index (χ1v) is 4.78. The van der Waals surface area contributed by atoms with Crippen LogP contribution in [0.15, 0.2) is 0 Å². The third kappa shape index (κ3) is 2.49. The summed E-state index contributed by atoms with van der Waals surface area (Å²) in [6.07, 6.45) is -6.03. The molecule has 0 aromatic heterocycles. The normalized spacial score (nSPS) is 39.1. The second kappa shape index (κ2) is 4.77. The van der Waals surface area contributed by atoms with Crippen molar-refractivity contribution in [2.24, 2.45) is 5.92 Å². The molecule has 0 aliphatic heterocycles. The van der Waals surface area contributed by atoms with E-state index in [0.29, 0.717) is 0 Å². The topological polar surface area (TPSA) is 124 Å². The molecule has 0 aromatic carbocycles. The number of hydrogen-bond donors (Lipinski definition) is 4. The van der Waals surface area contributed by atoms with Crippen molar-refractivity contribution in [2.45, 2.75) is 37.8 Å². The molecule has 0 aromatic rings. The van der Waals surface area contributed by atoms with Crippen LogP contribution in [0.4, 0.5) is 0 Å². The molecule has 7 heteroatoms. The predicted molar refractivity (Wildman–Crippen MR) is 49.3 cm³/mol. The molecule has 0 amide bonds. The maximum atomic E-state index is 10.8. The van der Waals surface area contributed by atoms with Gasteiger partial charge in [0, 0.05) is 13.3 Å². The zero-order chi connectivity index (χ0) is 12.5. The molecule has 16 heavy (non-hydrogen) atoms. The Bertz CT molecular complexity index is 288. The Morgan fingerprint density at radius 2 is 1.69 bits per heavy atom. The lowest BCUT2D eigenvalue weighted by Gasteiger charge is -2.37. The molecule has 1 saturated carbocycles. The Hall–Kier alpha value is -1.18. The number of aliphatic hydroxyl groups excluding tert-OH is 3. The van der Waals surface area contributed by atoms with Gasteiger partial charge in [-0.25, -0.2) is 0 Å². The Kier molecular flexibility index (Phi) is 3.84. The Morgan fingerprint density at radius 1 is 1.12 bits per heavy atom. The molecule has 7 nitrogen and oxygen atoms in total. The second-order valence-electron chi connectivity index (χ2n) is 3.80. The summed E-state index contributed by atoms with van der Waals surface area (Å²) >= 11 is 0. The molecule has 0 spiro atoms. The summed E-state index contributed by atoms with van der Waals surface area (Å²) in [7, 11) is 0. The van der Waals surface area contributed by atoms with Gasteiger partial charge in [-0.3, -0.25) is 9.59 Å². The summed E-state index contributed by atoms with van der Waals surface area (Å²) in [5, 5.41) is 37.0. The summed E-state index contributed by atoms with van der Waals surface area (Å²) in [6, 6.07) is 0. The molecule has 0 radical (unpaired) electrons. The van der Waals surface area contributed by atoms with E-state index in [1.807, 2.05) is 0 Å². The lowest BCUT2D eigenvalue weighted by Crippen LogP contribution is -2.56. The number of rotatable bonds is 2. The molecule has 1 rings (SSSR count). The van der Waals surface area contributed by atoms with E-state index in [2.05, 4.69) is 4.74 Å². The molecule has 5 atom stereocenters. The predicted octanol–water partition coefficient (Wildman–Crippen LogP) is -1.89. The van der Waals surface area contributed by atoms with Crippen LogP contribution in [-0.2, 0) is 14.3 Å². The molecular formula is C9H14O7. The number of carbonyl (C=O) groups is 2. The third-order valence-corrected chi connectivity index (χ3v) is 2.61. The minimum atomic E-state index is -1.64. The maximum Gasteiger partial charge on any atom is 0.309 e. The van der Waals surface area contributed by atoms with Crippen molar-refractivity contribution in [3.8, 4) is 0 Å². The molecule has 4 N–H and O–H groups in total. The minimum Gasteiger partial charge on any atom is -0.481 e. The number of carboxylic acids is 1. The fourth-order valence-electron chi connectivity index (χ4n) is 1.77. The third-order valence-electron chi connectivity index (χ3n) is 2.61. The second-order valence-corrected chi connectivity index (χ2v) is 3.80. The Labute approximate surface area is 91.3 Å². The lowest BCUT2D eigenvalue weighted by atomic mass is 9.81. The van der Waals surface area contributed by atoms with E-state index in [1.54, 1.807) is 0 Å². The van der Waals surface area contributed by atoms with Gasteiger partial charge in [0.15, 0.2) is 0 Å². The fourth-order valence-corrected chi connectivity index (χ4v) is 1.77. The van der Waals surface area contributed by atoms with E-state index in [4.69, 9.17) is 5.11 Å². The molecule has 1 aliphatic carbocycles. The summed E-state index contributed by atoms with van der Waals surface area (Å²) < 4.78 is 4.68. The van der Waals surface area contributed by atoms with E-state index in [0.717, 1.165) is 6.92 Å². The van der Waals surface area contributed by atoms with Crippen LogP contribution in [0, 0.1) is 5.92 Å². The van der Waals surface area contributed by atoms with Crippen LogP contribution in [0.1, 0.15) is 13.3 Å². The van der Waals surface area contributed by atoms with Crippen LogP contribution >= 0.6 is 0 Å². The molecule has 2 unspecified atom stereocenters. The first kappa shape index (κ1) is 12.9. The lowest BCUT2D eigenvalue weighted by molar-refractivity contribution is -0.192. The van der Waals surface area contributed by atoms with Gasteiger partial charge in [0.25, 0.3) is 0 Å². The molecule has 1 aliphatic rings. The molecule has 92 valence electrons. The van der Waals surface area contributed by atoms with Crippen molar-refractivity contribution in [2.75, 3.05) is 0 Å². The fraction of sp³-hybridized carbons (Fsp3) is 0.778. The standard InChI is InChI=1S/C9H14O7/c1-3(10)16-5-2-4(9(14)15)6(11)8(13)7(5)12/h4-8,11-13H,2H2,1H3,(H,14,15)/t4?,5-,6+,7?,8+/m1/s1. The first-order chi connectivity index (χ1) is 7.34. The van der Waals surface area contributed by atoms with Crippen LogP contribution in [0.2, 0.25) is 0 Å². The van der Waals surface area contributed by atoms with Gasteiger partial charge in [-0.2, -0.15) is 0 Å². The van der Waals surface area contributed by atoms with Crippen molar-refractivity contribution in [3.63, 3.8) is 0 Å². The average Bonchev–Trinajstić information content (AvgIpc) is 2.18. The van der Waals surface area contributed by atoms with Crippen molar-refractivity contribution < 1.29 is 34.8 Å². The van der Waals surface area contributed by atoms with E-state index in [9.17, 15) is 24.9 Å². The number of hydrogen-bond acceptors (Lipinski definition) is 6. The summed E-state index contributed by atoms with van der Waals surface area (Å²) in [5.41, 5.74) is 0. The Balaban J connectivity index is 2.80. The van der Waals surface area contributed by atoms with Gasteiger partial charge in [0.2, 0.25) is 0 Å². The highest BCUT2D eigenvalue weighted by Crippen LogP contribution is 2.28. The number of aliphatic hydroxyl groups is 3. The van der Waals surface area contributed by atoms with Crippen LogP contribution in [-0.4, -0.2) is 56.8 Å². The van der Waals surface area contributed by atoms with Gasteiger partial charge < -0.3 is 25.2 Å². The first-order valence-electron chi connectivity index (χ1n) is 4.78. The van der Waals surface area contributed by atoms with Crippen LogP contribution in [0.25, 0.3) is 0 Å². The van der Waals surface area contributed by atoms with Gasteiger partial charge >= 0.3 is 11.9 Å². The van der Waals surface area contributed by atoms with E-state index in [1.165, 1.54) is 0 Å². The van der Waals surface area contributed by atoms with Gasteiger partial charge in [0.05, 0.1) is 12.0 Å². The molecular weight excluding hydrogens is 220 g/mol. The van der Waals surface area contributed by atoms with E-state index >= 15 is 0 Å². The summed E-state index contributed by atoms with van der Waals surface area (Å²) in [6.45, 7) is 1.11. The zero-order valence-corrected chi connectivity index (χ0v) is 8.61. The number of ether oxygens (including phenoxy) is 1. The van der Waals surface area contributed by atoms with Crippen molar-refractivity contribution in [3.05, 3.63) is 0 Å². The average molecular weight is 234 g/mol. The van der Waals surface area contributed by atoms with E-state index < -0.39 is 42.3 Å². The zero-order valence-electron chi connectivity index (χ0n) is 8.61. The monoisotopic (exact) mass is 234 g/mol. The number of carboxylic acid groups (broad SMARTS) is 1. The molecule has 0 heterocycles. The van der Waals surface area contributed by atoms with Gasteiger partial charge in [-0.05, 0) is 0 Å². The molecule has 1 fully saturated rings. The maximum absolute atomic E-state index is 10.8. The summed E-state index contributed by atoms with van der Waals surface area (Å²) in [4.78, 5) is 21.5. The highest BCUT2D eigenvalue weighted by atomic mass is 16.6. The van der Waals surface area contributed by atoms with Crippen molar-refractivity contribution in [1.82, 2.24) is 0 Å². The quantitative estimate of drug-likeness (QED) is 0.411. The van der Waals surface area contributed by atoms with Crippen LogP contribution in [0.5, 0.6) is 0 Å². The summed E-state index contributed by atoms with van der Waals surface area (Å²) in [5.74, 6) is -3.25. The number of carbonyl (C=O) groups excluding carboxylic acids is 1. The molecule has 0 saturated heterocycles. The van der Waals surface area contributed by atoms with E-state index in [-0.39, 0.29) is 6.42 Å². The number of esters is 1. The van der Waals surface area contributed by atoms with Crippen molar-refractivity contribution >= 4 is 11.9 Å². The Morgan fingerprint density at radius 3 is 2.12 bits per heavy atom. The highest BCUT2D eigenvalue weighted by Gasteiger charge is 2.47. The molecule has 0 bridgehead atoms. The number of aliphatic carboxylic acids is 1. The SMILES string of the molecule is CC(=O)O[C@@H]1CC(C(=O)O)[C@H](O)[C@H](O)C1O. The van der Waals surface area contributed by atoms with Crippen LogP contribution < -0.4 is 0 Å². The highest BCUT2D eigenvalue weighted by molar-refractivity contribution is 5.71. The largest absolute Gasteiger partial charge is 0.481 e. The van der Waals surface area contributed by atoms with Gasteiger partial charge in [0.1, 0.15) is 18.3 Å². The van der Waals surface area contributed by atoms with Gasteiger partial charge in [-0.1, -0.05) is 0 Å².